The Morgan fingerprint density at radius 3 is 2.76 bits per heavy atom. The number of rotatable bonds is 2. The maximum Gasteiger partial charge on any atom is 0.151 e. The SMILES string of the molecule is NC1c2nc3ccccc3n2C=CN1Cc1ccccn1. The molecule has 0 fully saturated rings. The van der Waals surface area contributed by atoms with E-state index < -0.39 is 0 Å². The zero-order valence-corrected chi connectivity index (χ0v) is 11.4. The summed E-state index contributed by atoms with van der Waals surface area (Å²) in [5.41, 5.74) is 9.40. The van der Waals surface area contributed by atoms with Crippen LogP contribution in [0.5, 0.6) is 0 Å². The second-order valence-corrected chi connectivity index (χ2v) is 5.07. The van der Waals surface area contributed by atoms with E-state index in [-0.39, 0.29) is 6.17 Å². The predicted molar refractivity (Wildman–Crippen MR) is 81.8 cm³/mol. The van der Waals surface area contributed by atoms with Crippen LogP contribution in [0.4, 0.5) is 0 Å². The van der Waals surface area contributed by atoms with Gasteiger partial charge in [0, 0.05) is 18.6 Å². The van der Waals surface area contributed by atoms with Crippen LogP contribution >= 0.6 is 0 Å². The fourth-order valence-electron chi connectivity index (χ4n) is 2.65. The van der Waals surface area contributed by atoms with E-state index in [9.17, 15) is 0 Å². The fraction of sp³-hybridized carbons (Fsp3) is 0.125. The van der Waals surface area contributed by atoms with E-state index in [4.69, 9.17) is 5.73 Å². The highest BCUT2D eigenvalue weighted by molar-refractivity contribution is 5.78. The molecule has 1 aliphatic rings. The van der Waals surface area contributed by atoms with Crippen LogP contribution in [0, 0.1) is 0 Å². The summed E-state index contributed by atoms with van der Waals surface area (Å²) in [6.45, 7) is 0.668. The molecular weight excluding hydrogens is 262 g/mol. The van der Waals surface area contributed by atoms with E-state index in [0.29, 0.717) is 6.54 Å². The molecule has 21 heavy (non-hydrogen) atoms. The lowest BCUT2D eigenvalue weighted by Crippen LogP contribution is -2.34. The van der Waals surface area contributed by atoms with Crippen molar-refractivity contribution in [3.8, 4) is 0 Å². The summed E-state index contributed by atoms with van der Waals surface area (Å²) in [4.78, 5) is 11.0. The third-order valence-electron chi connectivity index (χ3n) is 3.72. The van der Waals surface area contributed by atoms with Gasteiger partial charge in [-0.15, -0.1) is 0 Å². The molecule has 2 aromatic heterocycles. The zero-order chi connectivity index (χ0) is 14.2. The van der Waals surface area contributed by atoms with Gasteiger partial charge < -0.3 is 10.6 Å². The summed E-state index contributed by atoms with van der Waals surface area (Å²) in [5, 5.41) is 0. The van der Waals surface area contributed by atoms with Crippen LogP contribution in [-0.4, -0.2) is 19.4 Å². The van der Waals surface area contributed by atoms with E-state index in [1.807, 2.05) is 53.7 Å². The third kappa shape index (κ3) is 1.98. The Kier molecular flexibility index (Phi) is 2.72. The van der Waals surface area contributed by atoms with Crippen LogP contribution in [0.2, 0.25) is 0 Å². The number of fused-ring (bicyclic) bond motifs is 3. The van der Waals surface area contributed by atoms with Gasteiger partial charge in [0.05, 0.1) is 23.3 Å². The van der Waals surface area contributed by atoms with Gasteiger partial charge in [0.1, 0.15) is 6.17 Å². The first-order valence-electron chi connectivity index (χ1n) is 6.89. The molecule has 1 unspecified atom stereocenters. The Morgan fingerprint density at radius 1 is 1.05 bits per heavy atom. The molecule has 4 rings (SSSR count). The summed E-state index contributed by atoms with van der Waals surface area (Å²) < 4.78 is 2.05. The van der Waals surface area contributed by atoms with E-state index >= 15 is 0 Å². The van der Waals surface area contributed by atoms with E-state index in [1.165, 1.54) is 0 Å². The molecule has 0 bridgehead atoms. The Hall–Kier alpha value is -2.66. The van der Waals surface area contributed by atoms with Crippen molar-refractivity contribution in [1.29, 1.82) is 0 Å². The third-order valence-corrected chi connectivity index (χ3v) is 3.72. The molecule has 5 nitrogen and oxygen atoms in total. The number of pyridine rings is 1. The van der Waals surface area contributed by atoms with Crippen LogP contribution < -0.4 is 5.73 Å². The smallest absolute Gasteiger partial charge is 0.151 e. The number of nitrogens with two attached hydrogens (primary N) is 1. The number of hydrogen-bond acceptors (Lipinski definition) is 4. The highest BCUT2D eigenvalue weighted by Crippen LogP contribution is 2.27. The highest BCUT2D eigenvalue weighted by atomic mass is 15.3. The van der Waals surface area contributed by atoms with Crippen molar-refractivity contribution in [2.45, 2.75) is 12.7 Å². The number of hydrogen-bond donors (Lipinski definition) is 1. The maximum absolute atomic E-state index is 6.37. The average Bonchev–Trinajstić information content (AvgIpc) is 2.91. The van der Waals surface area contributed by atoms with Gasteiger partial charge >= 0.3 is 0 Å². The first-order chi connectivity index (χ1) is 10.3. The van der Waals surface area contributed by atoms with Crippen molar-refractivity contribution in [3.63, 3.8) is 0 Å². The van der Waals surface area contributed by atoms with E-state index in [1.54, 1.807) is 6.20 Å². The van der Waals surface area contributed by atoms with Gasteiger partial charge in [-0.2, -0.15) is 0 Å². The molecule has 1 atom stereocenters. The van der Waals surface area contributed by atoms with Crippen molar-refractivity contribution in [3.05, 3.63) is 66.4 Å². The summed E-state index contributed by atoms with van der Waals surface area (Å²) >= 11 is 0. The molecule has 104 valence electrons. The molecule has 0 radical (unpaired) electrons. The molecule has 0 saturated carbocycles. The van der Waals surface area contributed by atoms with E-state index in [2.05, 4.69) is 20.6 Å². The molecule has 5 heteroatoms. The van der Waals surface area contributed by atoms with Crippen LogP contribution in [0.15, 0.2) is 54.9 Å². The van der Waals surface area contributed by atoms with Gasteiger partial charge in [-0.25, -0.2) is 4.98 Å². The van der Waals surface area contributed by atoms with Crippen LogP contribution in [-0.2, 0) is 6.54 Å². The summed E-state index contributed by atoms with van der Waals surface area (Å²) in [6.07, 6.45) is 5.53. The normalized spacial score (nSPS) is 17.2. The average molecular weight is 277 g/mol. The van der Waals surface area contributed by atoms with Crippen LogP contribution in [0.25, 0.3) is 17.2 Å². The molecule has 0 aliphatic carbocycles. The molecule has 2 N–H and O–H groups in total. The van der Waals surface area contributed by atoms with Gasteiger partial charge in [-0.3, -0.25) is 9.55 Å². The van der Waals surface area contributed by atoms with Crippen molar-refractivity contribution in [2.24, 2.45) is 5.73 Å². The van der Waals surface area contributed by atoms with Crippen molar-refractivity contribution >= 4 is 17.2 Å². The monoisotopic (exact) mass is 277 g/mol. The largest absolute Gasteiger partial charge is 0.348 e. The molecule has 3 heterocycles. The number of aromatic nitrogens is 3. The Labute approximate surface area is 122 Å². The zero-order valence-electron chi connectivity index (χ0n) is 11.4. The van der Waals surface area contributed by atoms with Crippen LogP contribution in [0.1, 0.15) is 17.7 Å². The van der Waals surface area contributed by atoms with Crippen LogP contribution in [0.3, 0.4) is 0 Å². The number of para-hydroxylation sites is 2. The topological polar surface area (TPSA) is 60.0 Å². The minimum absolute atomic E-state index is 0.274. The first-order valence-corrected chi connectivity index (χ1v) is 6.89. The fourth-order valence-corrected chi connectivity index (χ4v) is 2.65. The van der Waals surface area contributed by atoms with Gasteiger partial charge in [0.2, 0.25) is 0 Å². The number of nitrogens with zero attached hydrogens (tertiary/aromatic N) is 4. The summed E-state index contributed by atoms with van der Waals surface area (Å²) in [7, 11) is 0. The molecular formula is C16H15N5. The van der Waals surface area contributed by atoms with Crippen molar-refractivity contribution < 1.29 is 0 Å². The second-order valence-electron chi connectivity index (χ2n) is 5.07. The quantitative estimate of drug-likeness (QED) is 0.781. The van der Waals surface area contributed by atoms with Gasteiger partial charge in [0.15, 0.2) is 5.82 Å². The molecule has 0 spiro atoms. The Bertz CT molecular complexity index is 806. The lowest BCUT2D eigenvalue weighted by molar-refractivity contribution is 0.257. The summed E-state index contributed by atoms with van der Waals surface area (Å²) in [6, 6.07) is 13.9. The molecule has 3 aromatic rings. The van der Waals surface area contributed by atoms with Crippen molar-refractivity contribution in [2.75, 3.05) is 0 Å². The van der Waals surface area contributed by atoms with Gasteiger partial charge in [0.25, 0.3) is 0 Å². The van der Waals surface area contributed by atoms with E-state index in [0.717, 1.165) is 22.6 Å². The molecule has 0 saturated heterocycles. The second kappa shape index (κ2) is 4.71. The predicted octanol–water partition coefficient (Wildman–Crippen LogP) is 2.33. The molecule has 1 aromatic carbocycles. The minimum atomic E-state index is -0.274. The van der Waals surface area contributed by atoms with Gasteiger partial charge in [-0.1, -0.05) is 18.2 Å². The minimum Gasteiger partial charge on any atom is -0.348 e. The van der Waals surface area contributed by atoms with Crippen molar-refractivity contribution in [1.82, 2.24) is 19.4 Å². The molecule has 1 aliphatic heterocycles. The summed E-state index contributed by atoms with van der Waals surface area (Å²) in [5.74, 6) is 0.856. The standard InChI is InChI=1S/C16H15N5/c17-15-16-19-13-6-1-2-7-14(13)21(16)10-9-20(15)11-12-5-3-4-8-18-12/h1-10,15H,11,17H2. The number of benzene rings is 1. The first kappa shape index (κ1) is 12.1. The van der Waals surface area contributed by atoms with Gasteiger partial charge in [-0.05, 0) is 24.3 Å². The highest BCUT2D eigenvalue weighted by Gasteiger charge is 2.23. The lowest BCUT2D eigenvalue weighted by Gasteiger charge is -2.30. The number of imidazole rings is 1. The molecule has 0 amide bonds. The lowest BCUT2D eigenvalue weighted by atomic mass is 10.3. The Balaban J connectivity index is 1.70. The Morgan fingerprint density at radius 2 is 1.90 bits per heavy atom. The maximum atomic E-state index is 6.37.